The van der Waals surface area contributed by atoms with E-state index in [0.29, 0.717) is 48.5 Å². The Bertz CT molecular complexity index is 1720. The lowest BCUT2D eigenvalue weighted by atomic mass is 9.68. The van der Waals surface area contributed by atoms with Crippen LogP contribution in [0, 0.1) is 28.5 Å². The number of benzene rings is 3. The second kappa shape index (κ2) is 13.0. The topological polar surface area (TPSA) is 150 Å². The largest absolute Gasteiger partial charge is 0.355 e. The lowest BCUT2D eigenvalue weighted by molar-refractivity contribution is -0.131. The van der Waals surface area contributed by atoms with Gasteiger partial charge in [-0.2, -0.15) is 5.26 Å². The molecule has 242 valence electrons. The van der Waals surface area contributed by atoms with Crippen LogP contribution in [0.2, 0.25) is 0 Å². The van der Waals surface area contributed by atoms with Crippen molar-refractivity contribution in [2.45, 2.75) is 49.6 Å². The van der Waals surface area contributed by atoms with E-state index in [0.717, 1.165) is 35.1 Å². The average Bonchev–Trinajstić information content (AvgIpc) is 3.78. The minimum atomic E-state index is -1.10. The SMILES string of the molecule is CNC(=O)c1ccc2c(c1)CCc1cc(C(=O)NC)ccc1C2(CCNCC(=O)N1C(C#N)C[C@@H]2C[C@@H]21)C(=N)Nc1ccc(F)cc1. The molecule has 1 saturated carbocycles. The zero-order chi connectivity index (χ0) is 33.3. The zero-order valence-electron chi connectivity index (χ0n) is 26.5. The summed E-state index contributed by atoms with van der Waals surface area (Å²) < 4.78 is 13.8. The number of carbonyl (C=O) groups is 3. The number of fused-ring (bicyclic) bond motifs is 3. The maximum Gasteiger partial charge on any atom is 0.251 e. The minimum Gasteiger partial charge on any atom is -0.355 e. The summed E-state index contributed by atoms with van der Waals surface area (Å²) in [7, 11) is 3.15. The van der Waals surface area contributed by atoms with Crippen LogP contribution in [0.5, 0.6) is 0 Å². The number of nitriles is 1. The van der Waals surface area contributed by atoms with E-state index in [9.17, 15) is 29.4 Å². The third-order valence-electron chi connectivity index (χ3n) is 9.81. The number of aryl methyl sites for hydroxylation is 2. The molecule has 1 aliphatic heterocycles. The van der Waals surface area contributed by atoms with Crippen molar-refractivity contribution < 1.29 is 18.8 Å². The third kappa shape index (κ3) is 5.97. The van der Waals surface area contributed by atoms with Crippen molar-refractivity contribution in [3.8, 4) is 6.07 Å². The number of halogens is 1. The summed E-state index contributed by atoms with van der Waals surface area (Å²) in [6, 6.07) is 18.8. The highest BCUT2D eigenvalue weighted by molar-refractivity contribution is 6.05. The predicted molar refractivity (Wildman–Crippen MR) is 176 cm³/mol. The summed E-state index contributed by atoms with van der Waals surface area (Å²) in [6.45, 7) is 0.396. The smallest absolute Gasteiger partial charge is 0.251 e. The Morgan fingerprint density at radius 2 is 1.53 bits per heavy atom. The third-order valence-corrected chi connectivity index (χ3v) is 9.81. The van der Waals surface area contributed by atoms with E-state index in [1.807, 2.05) is 24.3 Å². The number of hydrogen-bond acceptors (Lipinski definition) is 6. The molecular formula is C36H38FN7O3. The first-order chi connectivity index (χ1) is 22.7. The number of rotatable bonds is 9. The molecule has 0 aromatic heterocycles. The van der Waals surface area contributed by atoms with Crippen molar-refractivity contribution >= 4 is 29.2 Å². The van der Waals surface area contributed by atoms with Gasteiger partial charge in [0.15, 0.2) is 0 Å². The van der Waals surface area contributed by atoms with Gasteiger partial charge in [-0.25, -0.2) is 4.39 Å². The first kappa shape index (κ1) is 31.9. The van der Waals surface area contributed by atoms with Gasteiger partial charge in [0.1, 0.15) is 17.7 Å². The number of carbonyl (C=O) groups excluding carboxylic acids is 3. The second-order valence-corrected chi connectivity index (χ2v) is 12.5. The molecule has 3 aliphatic rings. The molecule has 11 heteroatoms. The highest BCUT2D eigenvalue weighted by Crippen LogP contribution is 2.48. The maximum absolute atomic E-state index is 13.8. The van der Waals surface area contributed by atoms with E-state index in [-0.39, 0.29) is 36.1 Å². The van der Waals surface area contributed by atoms with Gasteiger partial charge in [-0.1, -0.05) is 12.1 Å². The van der Waals surface area contributed by atoms with Crippen LogP contribution in [0.15, 0.2) is 60.7 Å². The van der Waals surface area contributed by atoms with Crippen LogP contribution in [-0.4, -0.2) is 67.7 Å². The van der Waals surface area contributed by atoms with Gasteiger partial charge in [0.2, 0.25) is 5.91 Å². The molecule has 6 rings (SSSR count). The van der Waals surface area contributed by atoms with Crippen molar-refractivity contribution in [2.75, 3.05) is 32.5 Å². The monoisotopic (exact) mass is 635 g/mol. The number of anilines is 1. The second-order valence-electron chi connectivity index (χ2n) is 12.5. The van der Waals surface area contributed by atoms with Crippen molar-refractivity contribution in [3.05, 3.63) is 99.9 Å². The molecule has 3 aromatic carbocycles. The minimum absolute atomic E-state index is 0.0567. The summed E-state index contributed by atoms with van der Waals surface area (Å²) in [5.41, 5.74) is 3.86. The molecule has 2 fully saturated rings. The van der Waals surface area contributed by atoms with Crippen molar-refractivity contribution in [1.82, 2.24) is 20.9 Å². The van der Waals surface area contributed by atoms with E-state index >= 15 is 0 Å². The van der Waals surface area contributed by atoms with Gasteiger partial charge in [-0.3, -0.25) is 19.8 Å². The number of piperidine rings is 1. The molecule has 1 heterocycles. The Morgan fingerprint density at radius 3 is 2.09 bits per heavy atom. The first-order valence-electron chi connectivity index (χ1n) is 15.9. The molecule has 2 aliphatic carbocycles. The molecule has 0 bridgehead atoms. The molecule has 0 spiro atoms. The van der Waals surface area contributed by atoms with E-state index in [2.05, 4.69) is 27.3 Å². The quantitative estimate of drug-likeness (QED) is 0.138. The maximum atomic E-state index is 13.8. The molecule has 3 amide bonds. The van der Waals surface area contributed by atoms with E-state index in [4.69, 9.17) is 0 Å². The fraction of sp³-hybridized carbons (Fsp3) is 0.361. The van der Waals surface area contributed by atoms with Crippen LogP contribution < -0.4 is 21.3 Å². The van der Waals surface area contributed by atoms with Gasteiger partial charge in [0, 0.05) is 37.0 Å². The standard InChI is InChI=1S/C36H38FN7O3/c1-40-33(46)23-5-11-29-21(15-23)3-4-22-16-24(34(47)41-2)6-12-30(22)36(29,35(39)43-27-9-7-26(37)8-10-27)13-14-42-20-32(45)44-28(19-38)17-25-18-31(25)44/h5-12,15-16,25,28,31,42H,3-4,13-14,17-18,20H2,1-2H3,(H2,39,43)(H,40,46)(H,41,47)/t25-,28?,31+/m1/s1. The number of likely N-dealkylation sites (tertiary alicyclic amines) is 1. The van der Waals surface area contributed by atoms with Gasteiger partial charge < -0.3 is 26.2 Å². The normalized spacial score (nSPS) is 20.0. The highest BCUT2D eigenvalue weighted by Gasteiger charge is 2.54. The van der Waals surface area contributed by atoms with Gasteiger partial charge in [-0.05, 0) is 115 Å². The van der Waals surface area contributed by atoms with Gasteiger partial charge in [-0.15, -0.1) is 0 Å². The Hall–Kier alpha value is -5.08. The Labute approximate surface area is 273 Å². The Morgan fingerprint density at radius 1 is 0.936 bits per heavy atom. The van der Waals surface area contributed by atoms with E-state index in [1.54, 1.807) is 43.3 Å². The Balaban J connectivity index is 1.40. The summed E-state index contributed by atoms with van der Waals surface area (Å²) in [5, 5.41) is 31.1. The molecule has 1 unspecified atom stereocenters. The molecule has 5 N–H and O–H groups in total. The van der Waals surface area contributed by atoms with Crippen LogP contribution in [0.4, 0.5) is 10.1 Å². The fourth-order valence-electron chi connectivity index (χ4n) is 7.36. The van der Waals surface area contributed by atoms with Gasteiger partial charge in [0.25, 0.3) is 11.8 Å². The van der Waals surface area contributed by atoms with Gasteiger partial charge >= 0.3 is 0 Å². The first-order valence-corrected chi connectivity index (χ1v) is 15.9. The van der Waals surface area contributed by atoms with Crippen molar-refractivity contribution in [3.63, 3.8) is 0 Å². The van der Waals surface area contributed by atoms with Crippen molar-refractivity contribution in [2.24, 2.45) is 5.92 Å². The zero-order valence-corrected chi connectivity index (χ0v) is 26.5. The number of nitrogens with zero attached hydrogens (tertiary/aromatic N) is 2. The summed E-state index contributed by atoms with van der Waals surface area (Å²) >= 11 is 0. The molecule has 3 aromatic rings. The predicted octanol–water partition coefficient (Wildman–Crippen LogP) is 3.51. The summed E-state index contributed by atoms with van der Waals surface area (Å²) in [5.74, 6) is -0.402. The summed E-state index contributed by atoms with van der Waals surface area (Å²) in [4.78, 5) is 40.3. The lowest BCUT2D eigenvalue weighted by Crippen LogP contribution is -2.46. The van der Waals surface area contributed by atoms with Crippen LogP contribution in [-0.2, 0) is 23.1 Å². The molecule has 0 radical (unpaired) electrons. The molecule has 1 saturated heterocycles. The molecule has 47 heavy (non-hydrogen) atoms. The van der Waals surface area contributed by atoms with Crippen molar-refractivity contribution in [1.29, 1.82) is 10.7 Å². The Kier molecular flexibility index (Phi) is 8.80. The molecule has 3 atom stereocenters. The number of amidine groups is 1. The van der Waals surface area contributed by atoms with Gasteiger partial charge in [0.05, 0.1) is 18.0 Å². The van der Waals surface area contributed by atoms with Crippen LogP contribution in [0.25, 0.3) is 0 Å². The molecular weight excluding hydrogens is 597 g/mol. The summed E-state index contributed by atoms with van der Waals surface area (Å²) in [6.07, 6.45) is 3.15. The van der Waals surface area contributed by atoms with E-state index < -0.39 is 17.3 Å². The number of hydrogen-bond donors (Lipinski definition) is 5. The lowest BCUT2D eigenvalue weighted by Gasteiger charge is -2.38. The highest BCUT2D eigenvalue weighted by atomic mass is 19.1. The average molecular weight is 636 g/mol. The van der Waals surface area contributed by atoms with Crippen LogP contribution >= 0.6 is 0 Å². The molecule has 10 nitrogen and oxygen atoms in total. The number of amides is 3. The van der Waals surface area contributed by atoms with Crippen LogP contribution in [0.3, 0.4) is 0 Å². The number of nitrogens with one attached hydrogen (secondary N) is 5. The van der Waals surface area contributed by atoms with E-state index in [1.165, 1.54) is 12.1 Å². The fourth-order valence-corrected chi connectivity index (χ4v) is 7.36. The van der Waals surface area contributed by atoms with Crippen LogP contribution in [0.1, 0.15) is 62.2 Å².